The van der Waals surface area contributed by atoms with Crippen LogP contribution < -0.4 is 0 Å². The number of aromatic nitrogens is 3. The van der Waals surface area contributed by atoms with Crippen molar-refractivity contribution in [1.29, 1.82) is 0 Å². The third-order valence-electron chi connectivity index (χ3n) is 11.5. The monoisotopic (exact) mass is 835 g/mol. The van der Waals surface area contributed by atoms with Crippen molar-refractivity contribution in [2.24, 2.45) is 0 Å². The molecule has 0 radical (unpaired) electrons. The van der Waals surface area contributed by atoms with Gasteiger partial charge in [0.2, 0.25) is 0 Å². The number of phenols is 1. The number of nitrogens with zero attached hydrogens (tertiary/aromatic N) is 3. The summed E-state index contributed by atoms with van der Waals surface area (Å²) in [5.41, 5.74) is 6.72. The molecule has 0 saturated carbocycles. The molecule has 0 aliphatic heterocycles. The minimum Gasteiger partial charge on any atom is -0.507 e. The molecule has 0 aliphatic rings. The van der Waals surface area contributed by atoms with Gasteiger partial charge in [-0.05, 0) is 140 Å². The molecular weight excluding hydrogens is 767 g/mol. The van der Waals surface area contributed by atoms with Gasteiger partial charge in [0.1, 0.15) is 11.6 Å². The summed E-state index contributed by atoms with van der Waals surface area (Å²) in [5, 5.41) is 12.3. The molecule has 9 rings (SSSR count). The molecule has 0 amide bonds. The second-order valence-electron chi connectivity index (χ2n) is 16.8. The number of benzene rings is 7. The number of phenolic OH excluding ortho intramolecular Hbond substituents is 1. The number of fused-ring (bicyclic) bond motifs is 1. The number of aryl methyl sites for hydroxylation is 1. The summed E-state index contributed by atoms with van der Waals surface area (Å²) in [6.45, 7) is -1.01. The fraction of sp³-hybridized carbons (Fsp3) is 0.186. The predicted octanol–water partition coefficient (Wildman–Crippen LogP) is 16.0. The summed E-state index contributed by atoms with van der Waals surface area (Å²) in [5.74, 6) is 0.844. The average molecular weight is 835 g/mol. The van der Waals surface area contributed by atoms with Crippen molar-refractivity contribution in [1.82, 2.24) is 14.5 Å². The predicted molar refractivity (Wildman–Crippen MR) is 265 cm³/mol. The van der Waals surface area contributed by atoms with E-state index in [0.717, 1.165) is 61.3 Å². The van der Waals surface area contributed by atoms with E-state index >= 15 is 0 Å². The van der Waals surface area contributed by atoms with Crippen molar-refractivity contribution in [3.05, 3.63) is 192 Å². The molecule has 7 aromatic carbocycles. The summed E-state index contributed by atoms with van der Waals surface area (Å²) < 4.78 is 113. The Morgan fingerprint density at radius 2 is 1.25 bits per heavy atom. The zero-order valence-electron chi connectivity index (χ0n) is 48.8. The molecular formula is C59H55N3O. The summed E-state index contributed by atoms with van der Waals surface area (Å²) in [6.07, 6.45) is 1.43. The van der Waals surface area contributed by atoms with E-state index in [1.165, 1.54) is 12.3 Å². The molecule has 9 aromatic rings. The lowest BCUT2D eigenvalue weighted by Gasteiger charge is -2.19. The van der Waals surface area contributed by atoms with Gasteiger partial charge in [-0.2, -0.15) is 0 Å². The number of hydrogen-bond donors (Lipinski definition) is 1. The number of para-hydroxylation sites is 1. The SMILES string of the molecule is [2H]c1c([2H])c(C(C([2H])([2H])[2H])(C([2H])([2H])[2H])C([2H])([2H])[2H])c([2H])c([2H])c1-c1ccnc(-c2cc(-c3ccccc3)cc(-c3cccc4c3nc(-c3cc(C(C)C)cc(C(C)C)c3O)n4-c3cc(C)cc(-c4ccccc4)c3)c2)c1. The Labute approximate surface area is 390 Å². The Hall–Kier alpha value is -7.04. The Morgan fingerprint density at radius 3 is 1.92 bits per heavy atom. The van der Waals surface area contributed by atoms with Crippen LogP contribution in [-0.4, -0.2) is 19.6 Å². The lowest BCUT2D eigenvalue weighted by molar-refractivity contribution is 0.466. The van der Waals surface area contributed by atoms with E-state index < -0.39 is 55.7 Å². The van der Waals surface area contributed by atoms with E-state index in [0.29, 0.717) is 28.2 Å². The highest BCUT2D eigenvalue weighted by Gasteiger charge is 2.24. The van der Waals surface area contributed by atoms with E-state index in [4.69, 9.17) is 27.8 Å². The molecule has 0 atom stereocenters. The second-order valence-corrected chi connectivity index (χ2v) is 16.8. The Morgan fingerprint density at radius 1 is 0.587 bits per heavy atom. The normalized spacial score (nSPS) is 15.4. The third-order valence-corrected chi connectivity index (χ3v) is 11.5. The number of aromatic hydroxyl groups is 1. The number of rotatable bonds is 9. The topological polar surface area (TPSA) is 50.9 Å². The van der Waals surface area contributed by atoms with Gasteiger partial charge in [-0.15, -0.1) is 0 Å². The van der Waals surface area contributed by atoms with Crippen molar-refractivity contribution in [2.75, 3.05) is 0 Å². The quantitative estimate of drug-likeness (QED) is 0.158. The van der Waals surface area contributed by atoms with Crippen LogP contribution in [0.1, 0.15) is 100 Å². The zero-order chi connectivity index (χ0) is 55.0. The molecule has 2 heterocycles. The largest absolute Gasteiger partial charge is 0.507 e. The lowest BCUT2D eigenvalue weighted by Crippen LogP contribution is -2.10. The number of imidazole rings is 1. The molecule has 0 saturated heterocycles. The van der Waals surface area contributed by atoms with Gasteiger partial charge >= 0.3 is 0 Å². The highest BCUT2D eigenvalue weighted by atomic mass is 16.3. The first-order chi connectivity index (χ1) is 35.7. The van der Waals surface area contributed by atoms with Crippen molar-refractivity contribution in [3.8, 4) is 78.6 Å². The van der Waals surface area contributed by atoms with Crippen LogP contribution >= 0.6 is 0 Å². The van der Waals surface area contributed by atoms with Crippen molar-refractivity contribution in [3.63, 3.8) is 0 Å². The van der Waals surface area contributed by atoms with Gasteiger partial charge in [-0.25, -0.2) is 4.98 Å². The highest BCUT2D eigenvalue weighted by molar-refractivity contribution is 5.98. The van der Waals surface area contributed by atoms with E-state index in [2.05, 4.69) is 81.7 Å². The summed E-state index contributed by atoms with van der Waals surface area (Å²) >= 11 is 0. The van der Waals surface area contributed by atoms with Crippen LogP contribution in [0.3, 0.4) is 0 Å². The molecule has 1 N–H and O–H groups in total. The van der Waals surface area contributed by atoms with Crippen LogP contribution in [-0.2, 0) is 5.41 Å². The molecule has 312 valence electrons. The number of hydrogen-bond acceptors (Lipinski definition) is 3. The van der Waals surface area contributed by atoms with Gasteiger partial charge in [0.25, 0.3) is 0 Å². The summed E-state index contributed by atoms with van der Waals surface area (Å²) in [6, 6.07) is 41.4. The second kappa shape index (κ2) is 16.7. The fourth-order valence-corrected chi connectivity index (χ4v) is 8.20. The molecule has 0 unspecified atom stereocenters. The standard InChI is InChI=1S/C59H55N3O/c1-37(2)44-34-52(38(3)4)57(63)53(35-44)58-61-56-51(20-15-21-55(56)62(58)50-29-39(5)28-45(33-50)40-16-11-9-12-17-40)47-30-46(41-18-13-10-14-19-41)31-48(32-47)54-36-43(26-27-60-54)42-22-24-49(25-23-42)59(6,7)8/h9-38,63H,1-8H3/i6D3,7D3,8D3,22D,23D,24D,25D. The minimum atomic E-state index is -3.81. The van der Waals surface area contributed by atoms with Crippen molar-refractivity contribution in [2.45, 2.75) is 72.4 Å². The lowest BCUT2D eigenvalue weighted by atomic mass is 9.86. The molecule has 2 aromatic heterocycles. The van der Waals surface area contributed by atoms with Gasteiger partial charge in [0.05, 0.1) is 27.8 Å². The van der Waals surface area contributed by atoms with Crippen LogP contribution in [0.4, 0.5) is 0 Å². The maximum atomic E-state index is 12.3. The molecule has 0 bridgehead atoms. The van der Waals surface area contributed by atoms with Crippen LogP contribution in [0, 0.1) is 6.92 Å². The van der Waals surface area contributed by atoms with Crippen molar-refractivity contribution < 1.29 is 22.9 Å². The first-order valence-corrected chi connectivity index (χ1v) is 21.1. The van der Waals surface area contributed by atoms with Crippen LogP contribution in [0.25, 0.3) is 83.9 Å². The molecule has 0 spiro atoms. The first-order valence-electron chi connectivity index (χ1n) is 27.6. The molecule has 4 heteroatoms. The van der Waals surface area contributed by atoms with E-state index in [9.17, 15) is 5.11 Å². The van der Waals surface area contributed by atoms with Gasteiger partial charge in [-0.1, -0.05) is 157 Å². The maximum absolute atomic E-state index is 12.3. The zero-order valence-corrected chi connectivity index (χ0v) is 35.8. The van der Waals surface area contributed by atoms with Gasteiger partial charge in [0, 0.05) is 35.3 Å². The van der Waals surface area contributed by atoms with Gasteiger partial charge in [0.15, 0.2) is 0 Å². The third kappa shape index (κ3) is 8.22. The molecule has 0 fully saturated rings. The minimum absolute atomic E-state index is 0.00677. The Kier molecular flexibility index (Phi) is 7.55. The highest BCUT2D eigenvalue weighted by Crippen LogP contribution is 2.44. The molecule has 63 heavy (non-hydrogen) atoms. The van der Waals surface area contributed by atoms with Gasteiger partial charge in [-0.3, -0.25) is 9.55 Å². The van der Waals surface area contributed by atoms with Crippen molar-refractivity contribution >= 4 is 11.0 Å². The van der Waals surface area contributed by atoms with E-state index in [1.807, 2.05) is 84.9 Å². The first kappa shape index (κ1) is 28.5. The molecule has 4 nitrogen and oxygen atoms in total. The average Bonchev–Trinajstić information content (AvgIpc) is 3.76. The summed E-state index contributed by atoms with van der Waals surface area (Å²) in [7, 11) is 0. The smallest absolute Gasteiger partial charge is 0.149 e. The van der Waals surface area contributed by atoms with Crippen LogP contribution in [0.2, 0.25) is 0 Å². The van der Waals surface area contributed by atoms with Crippen LogP contribution in [0.15, 0.2) is 170 Å². The Balaban J connectivity index is 1.29. The Bertz CT molecular complexity index is 3630. The van der Waals surface area contributed by atoms with E-state index in [-0.39, 0.29) is 28.7 Å². The molecule has 0 aliphatic carbocycles. The van der Waals surface area contributed by atoms with Crippen LogP contribution in [0.5, 0.6) is 5.75 Å². The summed E-state index contributed by atoms with van der Waals surface area (Å²) in [4.78, 5) is 10.2. The van der Waals surface area contributed by atoms with E-state index in [1.54, 1.807) is 6.07 Å². The maximum Gasteiger partial charge on any atom is 0.149 e. The van der Waals surface area contributed by atoms with Gasteiger partial charge < -0.3 is 5.11 Å². The number of pyridine rings is 1. The fourth-order valence-electron chi connectivity index (χ4n) is 8.20.